The molecule has 0 saturated carbocycles. The van der Waals surface area contributed by atoms with Gasteiger partial charge in [0.1, 0.15) is 22.9 Å². The lowest BCUT2D eigenvalue weighted by molar-refractivity contribution is -0.117. The predicted molar refractivity (Wildman–Crippen MR) is 158 cm³/mol. The van der Waals surface area contributed by atoms with E-state index in [-0.39, 0.29) is 22.8 Å². The Morgan fingerprint density at radius 1 is 1.03 bits per heavy atom. The molecule has 0 saturated heterocycles. The summed E-state index contributed by atoms with van der Waals surface area (Å²) < 4.78 is 6.16. The van der Waals surface area contributed by atoms with Crippen molar-refractivity contribution in [2.45, 2.75) is 44.6 Å². The summed E-state index contributed by atoms with van der Waals surface area (Å²) in [6.45, 7) is 6.45. The second-order valence-electron chi connectivity index (χ2n) is 10.7. The average molecular weight is 538 g/mol. The lowest BCUT2D eigenvalue weighted by Gasteiger charge is -2.17. The van der Waals surface area contributed by atoms with Gasteiger partial charge in [-0.25, -0.2) is 4.98 Å². The van der Waals surface area contributed by atoms with E-state index in [1.54, 1.807) is 30.1 Å². The van der Waals surface area contributed by atoms with E-state index in [0.29, 0.717) is 30.0 Å². The van der Waals surface area contributed by atoms with E-state index < -0.39 is 0 Å². The number of hydrogen-bond acceptors (Lipinski definition) is 6. The van der Waals surface area contributed by atoms with Gasteiger partial charge in [0.15, 0.2) is 0 Å². The molecule has 1 aliphatic rings. The van der Waals surface area contributed by atoms with Crippen LogP contribution in [-0.4, -0.2) is 27.7 Å². The summed E-state index contributed by atoms with van der Waals surface area (Å²) in [4.78, 5) is 37.9. The van der Waals surface area contributed by atoms with Crippen molar-refractivity contribution < 1.29 is 9.53 Å². The van der Waals surface area contributed by atoms with Crippen LogP contribution < -0.4 is 10.3 Å². The van der Waals surface area contributed by atoms with E-state index in [4.69, 9.17) is 9.73 Å². The standard InChI is InChI=1S/C32H31N3O3S/c1-32(2,3)28-18-22(30(34-28)20-8-6-5-7-9-20)17-23(36)16-21-10-11-24(19-27(21)39-4)38-26-14-15-33-31-25(26)12-13-29(37)35-31/h5-15,18-19,30H,16-17H2,1-4H3,(H,33,35,37). The highest BCUT2D eigenvalue weighted by atomic mass is 32.2. The monoisotopic (exact) mass is 537 g/mol. The maximum Gasteiger partial charge on any atom is 0.249 e. The number of pyridine rings is 2. The number of carbonyl (C=O) groups is 1. The third-order valence-corrected chi connectivity index (χ3v) is 7.51. The van der Waals surface area contributed by atoms with Gasteiger partial charge in [0.05, 0.1) is 11.4 Å². The van der Waals surface area contributed by atoms with E-state index in [9.17, 15) is 9.59 Å². The van der Waals surface area contributed by atoms with Crippen LogP contribution in [0.4, 0.5) is 0 Å². The molecular weight excluding hydrogens is 506 g/mol. The summed E-state index contributed by atoms with van der Waals surface area (Å²) >= 11 is 1.58. The van der Waals surface area contributed by atoms with Crippen LogP contribution in [0.3, 0.4) is 0 Å². The van der Waals surface area contributed by atoms with Gasteiger partial charge >= 0.3 is 0 Å². The van der Waals surface area contributed by atoms with Crippen LogP contribution in [0, 0.1) is 5.41 Å². The molecule has 0 amide bonds. The molecule has 1 unspecified atom stereocenters. The molecule has 3 heterocycles. The first kappa shape index (κ1) is 26.6. The number of ether oxygens (including phenoxy) is 1. The molecule has 198 valence electrons. The smallest absolute Gasteiger partial charge is 0.249 e. The van der Waals surface area contributed by atoms with Crippen molar-refractivity contribution in [3.8, 4) is 11.5 Å². The van der Waals surface area contributed by atoms with Crippen molar-refractivity contribution in [1.29, 1.82) is 0 Å². The van der Waals surface area contributed by atoms with Crippen molar-refractivity contribution in [3.63, 3.8) is 0 Å². The number of benzene rings is 2. The minimum Gasteiger partial charge on any atom is -0.457 e. The zero-order chi connectivity index (χ0) is 27.6. The number of aliphatic imine (C=N–C) groups is 1. The quantitative estimate of drug-likeness (QED) is 0.242. The molecule has 0 spiro atoms. The fourth-order valence-corrected chi connectivity index (χ4v) is 5.32. The number of nitrogens with one attached hydrogen (secondary N) is 1. The highest BCUT2D eigenvalue weighted by Crippen LogP contribution is 2.38. The Hall–Kier alpha value is -3.97. The second-order valence-corrected chi connectivity index (χ2v) is 11.5. The molecule has 39 heavy (non-hydrogen) atoms. The van der Waals surface area contributed by atoms with E-state index in [2.05, 4.69) is 48.9 Å². The minimum atomic E-state index is -0.213. The number of fused-ring (bicyclic) bond motifs is 1. The number of aromatic nitrogens is 2. The third-order valence-electron chi connectivity index (χ3n) is 6.69. The van der Waals surface area contributed by atoms with Crippen molar-refractivity contribution in [3.05, 3.63) is 106 Å². The van der Waals surface area contributed by atoms with Crippen LogP contribution in [-0.2, 0) is 11.2 Å². The van der Waals surface area contributed by atoms with Crippen molar-refractivity contribution in [2.24, 2.45) is 10.4 Å². The molecule has 1 atom stereocenters. The minimum absolute atomic E-state index is 0.0882. The van der Waals surface area contributed by atoms with E-state index in [0.717, 1.165) is 32.7 Å². The molecule has 0 radical (unpaired) electrons. The number of aromatic amines is 1. The van der Waals surface area contributed by atoms with Crippen LogP contribution in [0.5, 0.6) is 11.5 Å². The third kappa shape index (κ3) is 6.04. The average Bonchev–Trinajstić information content (AvgIpc) is 3.34. The predicted octanol–water partition coefficient (Wildman–Crippen LogP) is 7.11. The molecule has 4 aromatic rings. The SMILES string of the molecule is CSc1cc(Oc2ccnc3[nH]c(=O)ccc23)ccc1CC(=O)CC1=CC(C(C)(C)C)=NC1c1ccccc1. The summed E-state index contributed by atoms with van der Waals surface area (Å²) in [7, 11) is 0. The Labute approximate surface area is 232 Å². The molecule has 0 fully saturated rings. The molecule has 1 N–H and O–H groups in total. The van der Waals surface area contributed by atoms with E-state index >= 15 is 0 Å². The van der Waals surface area contributed by atoms with Crippen molar-refractivity contribution in [1.82, 2.24) is 9.97 Å². The lowest BCUT2D eigenvalue weighted by Crippen LogP contribution is -2.16. The van der Waals surface area contributed by atoms with Crippen LogP contribution >= 0.6 is 11.8 Å². The number of rotatable bonds is 8. The molecule has 6 nitrogen and oxygen atoms in total. The first-order valence-electron chi connectivity index (χ1n) is 12.9. The summed E-state index contributed by atoms with van der Waals surface area (Å²) in [5, 5.41) is 0.719. The van der Waals surface area contributed by atoms with Crippen LogP contribution in [0.2, 0.25) is 0 Å². The number of H-pyrrole nitrogens is 1. The highest BCUT2D eigenvalue weighted by Gasteiger charge is 2.29. The van der Waals surface area contributed by atoms with Gasteiger partial charge in [0, 0.05) is 41.1 Å². The number of allylic oxidation sites excluding steroid dienone is 1. The number of thioether (sulfide) groups is 1. The Bertz CT molecular complexity index is 1650. The Balaban J connectivity index is 1.34. The zero-order valence-corrected chi connectivity index (χ0v) is 23.3. The maximum atomic E-state index is 13.4. The number of hydrogen-bond donors (Lipinski definition) is 1. The first-order chi connectivity index (χ1) is 18.7. The molecule has 5 rings (SSSR count). The number of Topliss-reactive ketones (excluding diaryl/α,β-unsaturated/α-hetero) is 1. The van der Waals surface area contributed by atoms with Crippen LogP contribution in [0.1, 0.15) is 44.4 Å². The summed E-state index contributed by atoms with van der Waals surface area (Å²) in [6, 6.07) is 20.8. The van der Waals surface area contributed by atoms with Gasteiger partial charge in [-0.05, 0) is 53.3 Å². The van der Waals surface area contributed by atoms with Gasteiger partial charge in [-0.15, -0.1) is 11.8 Å². The van der Waals surface area contributed by atoms with Crippen molar-refractivity contribution in [2.75, 3.05) is 6.26 Å². The van der Waals surface area contributed by atoms with Gasteiger partial charge < -0.3 is 9.72 Å². The zero-order valence-electron chi connectivity index (χ0n) is 22.5. The van der Waals surface area contributed by atoms with E-state index in [1.807, 2.05) is 42.7 Å². The molecule has 0 bridgehead atoms. The molecule has 0 aliphatic carbocycles. The summed E-state index contributed by atoms with van der Waals surface area (Å²) in [6.07, 6.45) is 6.41. The molecule has 2 aromatic carbocycles. The van der Waals surface area contributed by atoms with Crippen LogP contribution in [0.25, 0.3) is 11.0 Å². The first-order valence-corrected chi connectivity index (χ1v) is 14.1. The van der Waals surface area contributed by atoms with Gasteiger partial charge in [0.25, 0.3) is 0 Å². The van der Waals surface area contributed by atoms with Crippen LogP contribution in [0.15, 0.2) is 99.3 Å². The number of nitrogens with zero attached hydrogens (tertiary/aromatic N) is 2. The lowest BCUT2D eigenvalue weighted by atomic mass is 9.88. The van der Waals surface area contributed by atoms with Crippen molar-refractivity contribution >= 4 is 34.3 Å². The molecule has 7 heteroatoms. The fraction of sp³-hybridized carbons (Fsp3) is 0.250. The topological polar surface area (TPSA) is 84.4 Å². The fourth-order valence-electron chi connectivity index (χ4n) is 4.68. The Morgan fingerprint density at radius 3 is 2.56 bits per heavy atom. The second kappa shape index (κ2) is 11.0. The Morgan fingerprint density at radius 2 is 1.82 bits per heavy atom. The molecular formula is C32H31N3O3S. The summed E-state index contributed by atoms with van der Waals surface area (Å²) in [5.41, 5.74) is 4.32. The number of ketones is 1. The number of carbonyl (C=O) groups excluding carboxylic acids is 1. The Kier molecular flexibility index (Phi) is 7.53. The van der Waals surface area contributed by atoms with E-state index in [1.165, 1.54) is 6.07 Å². The normalized spacial score (nSPS) is 15.2. The highest BCUT2D eigenvalue weighted by molar-refractivity contribution is 7.98. The largest absolute Gasteiger partial charge is 0.457 e. The molecule has 2 aromatic heterocycles. The summed E-state index contributed by atoms with van der Waals surface area (Å²) in [5.74, 6) is 1.41. The van der Waals surface area contributed by atoms with Gasteiger partial charge in [-0.1, -0.05) is 57.2 Å². The van der Waals surface area contributed by atoms with Gasteiger partial charge in [-0.3, -0.25) is 14.6 Å². The molecule has 1 aliphatic heterocycles. The van der Waals surface area contributed by atoms with Gasteiger partial charge in [0.2, 0.25) is 5.56 Å². The van der Waals surface area contributed by atoms with Gasteiger partial charge in [-0.2, -0.15) is 0 Å². The maximum absolute atomic E-state index is 13.4.